The Morgan fingerprint density at radius 2 is 1.74 bits per heavy atom. The Morgan fingerprint density at radius 3 is 2.26 bits per heavy atom. The average molecular weight is 338 g/mol. The molecule has 2 N–H and O–H groups in total. The van der Waals surface area contributed by atoms with E-state index in [0.717, 1.165) is 0 Å². The predicted octanol–water partition coefficient (Wildman–Crippen LogP) is 0.813. The smallest absolute Gasteiger partial charge is 0.448 e. The lowest BCUT2D eigenvalue weighted by atomic mass is 10.0. The lowest BCUT2D eigenvalue weighted by Crippen LogP contribution is -2.49. The fourth-order valence-corrected chi connectivity index (χ4v) is 2.85. The van der Waals surface area contributed by atoms with Gasteiger partial charge in [0.15, 0.2) is 5.60 Å². The number of amides is 1. The first-order chi connectivity index (χ1) is 10.7. The van der Waals surface area contributed by atoms with Crippen LogP contribution in [0.5, 0.6) is 0 Å². The standard InChI is InChI=1S/C13H17F3N2O5/c14-13(15,16)11(21)23-18-7-3-4-8(18)9(19)22-12(10(17)20)5-1-2-6-12/h8H,1-7H2,(H2,17,20). The Balaban J connectivity index is 2.03. The molecule has 0 aromatic carbocycles. The maximum atomic E-state index is 12.2. The van der Waals surface area contributed by atoms with Crippen LogP contribution in [-0.4, -0.2) is 47.3 Å². The second-order valence-electron chi connectivity index (χ2n) is 5.66. The van der Waals surface area contributed by atoms with E-state index in [1.165, 1.54) is 0 Å². The zero-order valence-electron chi connectivity index (χ0n) is 12.2. The molecule has 1 heterocycles. The third-order valence-corrected chi connectivity index (χ3v) is 4.06. The average Bonchev–Trinajstić information content (AvgIpc) is 3.07. The zero-order valence-corrected chi connectivity index (χ0v) is 12.2. The third kappa shape index (κ3) is 3.74. The molecule has 1 amide bonds. The second kappa shape index (κ2) is 6.34. The van der Waals surface area contributed by atoms with Gasteiger partial charge in [0.05, 0.1) is 0 Å². The van der Waals surface area contributed by atoms with Crippen LogP contribution >= 0.6 is 0 Å². The van der Waals surface area contributed by atoms with Crippen molar-refractivity contribution in [1.29, 1.82) is 0 Å². The van der Waals surface area contributed by atoms with Crippen LogP contribution in [0.15, 0.2) is 0 Å². The van der Waals surface area contributed by atoms with Gasteiger partial charge >= 0.3 is 18.1 Å². The van der Waals surface area contributed by atoms with Gasteiger partial charge in [-0.2, -0.15) is 13.2 Å². The maximum absolute atomic E-state index is 12.2. The Hall–Kier alpha value is -1.84. The summed E-state index contributed by atoms with van der Waals surface area (Å²) >= 11 is 0. The van der Waals surface area contributed by atoms with Crippen molar-refractivity contribution < 1.29 is 37.1 Å². The predicted molar refractivity (Wildman–Crippen MR) is 68.4 cm³/mol. The number of nitrogens with zero attached hydrogens (tertiary/aromatic N) is 1. The highest BCUT2D eigenvalue weighted by molar-refractivity contribution is 5.88. The van der Waals surface area contributed by atoms with Gasteiger partial charge in [-0.1, -0.05) is 0 Å². The Labute approximate surface area is 129 Å². The molecule has 0 spiro atoms. The summed E-state index contributed by atoms with van der Waals surface area (Å²) in [6.07, 6.45) is -2.75. The summed E-state index contributed by atoms with van der Waals surface area (Å²) < 4.78 is 42.0. The maximum Gasteiger partial charge on any atom is 0.492 e. The van der Waals surface area contributed by atoms with Crippen LogP contribution in [0.4, 0.5) is 13.2 Å². The van der Waals surface area contributed by atoms with Crippen LogP contribution in [-0.2, 0) is 24.0 Å². The minimum atomic E-state index is -5.16. The summed E-state index contributed by atoms with van der Waals surface area (Å²) in [4.78, 5) is 38.9. The number of primary amides is 1. The second-order valence-corrected chi connectivity index (χ2v) is 5.66. The summed E-state index contributed by atoms with van der Waals surface area (Å²) in [5, 5.41) is 0.655. The number of nitrogens with two attached hydrogens (primary N) is 1. The van der Waals surface area contributed by atoms with Gasteiger partial charge in [0, 0.05) is 6.54 Å². The van der Waals surface area contributed by atoms with E-state index in [1.807, 2.05) is 0 Å². The molecule has 10 heteroatoms. The summed E-state index contributed by atoms with van der Waals surface area (Å²) in [5.41, 5.74) is 3.87. The highest BCUT2D eigenvalue weighted by atomic mass is 19.4. The molecule has 2 rings (SSSR count). The van der Waals surface area contributed by atoms with E-state index in [1.54, 1.807) is 0 Å². The molecule has 1 unspecified atom stereocenters. The minimum Gasteiger partial charge on any atom is -0.448 e. The quantitative estimate of drug-likeness (QED) is 0.762. The number of ether oxygens (including phenoxy) is 1. The highest BCUT2D eigenvalue weighted by Gasteiger charge is 2.48. The van der Waals surface area contributed by atoms with Gasteiger partial charge in [0.25, 0.3) is 5.91 Å². The van der Waals surface area contributed by atoms with Crippen LogP contribution in [0.3, 0.4) is 0 Å². The first-order valence-electron chi connectivity index (χ1n) is 7.24. The van der Waals surface area contributed by atoms with Gasteiger partial charge in [-0.3, -0.25) is 9.59 Å². The number of hydrogen-bond acceptors (Lipinski definition) is 6. The number of alkyl halides is 3. The number of rotatable bonds is 4. The molecule has 1 atom stereocenters. The lowest BCUT2D eigenvalue weighted by molar-refractivity contribution is -0.243. The summed E-state index contributed by atoms with van der Waals surface area (Å²) in [7, 11) is 0. The van der Waals surface area contributed by atoms with Crippen molar-refractivity contribution in [2.45, 2.75) is 56.3 Å². The Bertz CT molecular complexity index is 502. The van der Waals surface area contributed by atoms with Gasteiger partial charge in [-0.05, 0) is 38.5 Å². The van der Waals surface area contributed by atoms with Crippen LogP contribution in [0.1, 0.15) is 38.5 Å². The number of hydroxylamine groups is 2. The molecule has 0 aromatic rings. The van der Waals surface area contributed by atoms with Crippen LogP contribution in [0.2, 0.25) is 0 Å². The van der Waals surface area contributed by atoms with E-state index < -0.39 is 35.7 Å². The minimum absolute atomic E-state index is 0.0227. The topological polar surface area (TPSA) is 98.9 Å². The number of carbonyl (C=O) groups is 3. The van der Waals surface area contributed by atoms with E-state index in [4.69, 9.17) is 10.5 Å². The molecule has 7 nitrogen and oxygen atoms in total. The number of carbonyl (C=O) groups excluding carboxylic acids is 3. The monoisotopic (exact) mass is 338 g/mol. The van der Waals surface area contributed by atoms with Gasteiger partial charge < -0.3 is 15.3 Å². The van der Waals surface area contributed by atoms with E-state index in [0.29, 0.717) is 24.3 Å². The number of esters is 1. The van der Waals surface area contributed by atoms with Crippen molar-refractivity contribution in [3.63, 3.8) is 0 Å². The van der Waals surface area contributed by atoms with Gasteiger partial charge in [0.2, 0.25) is 0 Å². The van der Waals surface area contributed by atoms with Gasteiger partial charge in [0.1, 0.15) is 6.04 Å². The Kier molecular flexibility index (Phi) is 4.83. The summed E-state index contributed by atoms with van der Waals surface area (Å²) in [5.74, 6) is -4.08. The molecule has 23 heavy (non-hydrogen) atoms. The van der Waals surface area contributed by atoms with E-state index in [9.17, 15) is 27.6 Å². The van der Waals surface area contributed by atoms with E-state index in [-0.39, 0.29) is 25.8 Å². The van der Waals surface area contributed by atoms with Crippen molar-refractivity contribution in [1.82, 2.24) is 5.06 Å². The molecule has 1 saturated carbocycles. The molecular formula is C13H17F3N2O5. The molecular weight excluding hydrogens is 321 g/mol. The van der Waals surface area contributed by atoms with Crippen LogP contribution < -0.4 is 5.73 Å². The molecule has 1 aliphatic heterocycles. The highest BCUT2D eigenvalue weighted by Crippen LogP contribution is 2.34. The molecule has 130 valence electrons. The van der Waals surface area contributed by atoms with E-state index >= 15 is 0 Å². The summed E-state index contributed by atoms with van der Waals surface area (Å²) in [6, 6.07) is -1.17. The van der Waals surface area contributed by atoms with Crippen molar-refractivity contribution >= 4 is 17.8 Å². The molecule has 0 bridgehead atoms. The van der Waals surface area contributed by atoms with Gasteiger partial charge in [-0.25, -0.2) is 4.79 Å². The van der Waals surface area contributed by atoms with E-state index in [2.05, 4.69) is 4.84 Å². The number of hydrogen-bond donors (Lipinski definition) is 1. The molecule has 2 fully saturated rings. The van der Waals surface area contributed by atoms with Gasteiger partial charge in [-0.15, -0.1) is 5.06 Å². The molecule has 1 aliphatic carbocycles. The third-order valence-electron chi connectivity index (χ3n) is 4.06. The fraction of sp³-hybridized carbons (Fsp3) is 0.769. The van der Waals surface area contributed by atoms with Crippen molar-refractivity contribution in [3.8, 4) is 0 Å². The molecule has 0 aromatic heterocycles. The SMILES string of the molecule is NC(=O)C1(OC(=O)C2CCCN2OC(=O)C(F)(F)F)CCCC1. The van der Waals surface area contributed by atoms with Crippen molar-refractivity contribution in [2.75, 3.05) is 6.54 Å². The van der Waals surface area contributed by atoms with Crippen LogP contribution in [0, 0.1) is 0 Å². The summed E-state index contributed by atoms with van der Waals surface area (Å²) in [6.45, 7) is -0.0227. The normalized spacial score (nSPS) is 24.4. The fourth-order valence-electron chi connectivity index (χ4n) is 2.85. The first kappa shape index (κ1) is 17.5. The Morgan fingerprint density at radius 1 is 1.13 bits per heavy atom. The van der Waals surface area contributed by atoms with Crippen molar-refractivity contribution in [2.24, 2.45) is 5.73 Å². The first-order valence-corrected chi connectivity index (χ1v) is 7.24. The number of halogens is 3. The molecule has 2 aliphatic rings. The van der Waals surface area contributed by atoms with Crippen molar-refractivity contribution in [3.05, 3.63) is 0 Å². The largest absolute Gasteiger partial charge is 0.492 e. The zero-order chi connectivity index (χ0) is 17.3. The molecule has 0 radical (unpaired) electrons. The lowest BCUT2D eigenvalue weighted by Gasteiger charge is -2.29. The molecule has 1 saturated heterocycles. The van der Waals surface area contributed by atoms with Crippen LogP contribution in [0.25, 0.3) is 0 Å².